The predicted molar refractivity (Wildman–Crippen MR) is 97.7 cm³/mol. The highest BCUT2D eigenvalue weighted by molar-refractivity contribution is 6.00. The van der Waals surface area contributed by atoms with Crippen molar-refractivity contribution in [3.8, 4) is 22.3 Å². The van der Waals surface area contributed by atoms with Crippen molar-refractivity contribution in [2.45, 2.75) is 0 Å². The Hall–Kier alpha value is -3.38. The predicted octanol–water partition coefficient (Wildman–Crippen LogP) is 4.11. The molecule has 0 atom stereocenters. The maximum Gasteiger partial charge on any atom is 0.143 e. The molecule has 0 aliphatic carbocycles. The van der Waals surface area contributed by atoms with Crippen molar-refractivity contribution < 1.29 is 9.47 Å². The first-order valence-corrected chi connectivity index (χ1v) is 7.77. The number of benzene rings is 3. The zero-order valence-electron chi connectivity index (χ0n) is 13.6. The number of fused-ring (bicyclic) bond motifs is 1. The van der Waals surface area contributed by atoms with E-state index in [4.69, 9.17) is 15.2 Å². The van der Waals surface area contributed by atoms with Crippen molar-refractivity contribution in [3.63, 3.8) is 0 Å². The van der Waals surface area contributed by atoms with E-state index in [1.165, 1.54) is 0 Å². The van der Waals surface area contributed by atoms with Crippen LogP contribution in [-0.2, 0) is 4.84 Å². The lowest BCUT2D eigenvalue weighted by Gasteiger charge is -2.08. The molecule has 0 amide bonds. The van der Waals surface area contributed by atoms with E-state index < -0.39 is 0 Å². The largest absolute Gasteiger partial charge is 0.399 e. The summed E-state index contributed by atoms with van der Waals surface area (Å²) in [4.78, 5) is 4.91. The van der Waals surface area contributed by atoms with Crippen LogP contribution >= 0.6 is 0 Å². The summed E-state index contributed by atoms with van der Waals surface area (Å²) in [5.41, 5.74) is 15.6. The van der Waals surface area contributed by atoms with Gasteiger partial charge in [0.15, 0.2) is 0 Å². The van der Waals surface area contributed by atoms with Gasteiger partial charge < -0.3 is 5.73 Å². The number of rotatable bonds is 4. The van der Waals surface area contributed by atoms with E-state index in [2.05, 4.69) is 15.8 Å². The van der Waals surface area contributed by atoms with Gasteiger partial charge in [0.1, 0.15) is 11.0 Å². The van der Waals surface area contributed by atoms with Crippen LogP contribution in [0.3, 0.4) is 0 Å². The van der Waals surface area contributed by atoms with E-state index in [1.54, 1.807) is 7.11 Å². The van der Waals surface area contributed by atoms with Gasteiger partial charge in [-0.1, -0.05) is 36.4 Å². The summed E-state index contributed by atoms with van der Waals surface area (Å²) < 4.78 is 5.02. The molecule has 4 rings (SSSR count). The molecule has 124 valence electrons. The molecular formula is C19H16N4O2. The lowest BCUT2D eigenvalue weighted by Crippen LogP contribution is -1.94. The van der Waals surface area contributed by atoms with Gasteiger partial charge in [0.25, 0.3) is 0 Å². The second-order valence-electron chi connectivity index (χ2n) is 5.63. The minimum atomic E-state index is 0.722. The van der Waals surface area contributed by atoms with Gasteiger partial charge in [-0.15, -0.1) is 0 Å². The van der Waals surface area contributed by atoms with Gasteiger partial charge >= 0.3 is 0 Å². The number of nitrogens with zero attached hydrogens (tertiary/aromatic N) is 2. The summed E-state index contributed by atoms with van der Waals surface area (Å²) >= 11 is 0. The number of nitrogen functional groups attached to an aromatic ring is 1. The molecule has 25 heavy (non-hydrogen) atoms. The van der Waals surface area contributed by atoms with Gasteiger partial charge in [-0.25, -0.2) is 4.63 Å². The summed E-state index contributed by atoms with van der Waals surface area (Å²) in [6.45, 7) is 0. The molecule has 0 spiro atoms. The lowest BCUT2D eigenvalue weighted by molar-refractivity contribution is 0.271. The first-order chi connectivity index (χ1) is 12.3. The minimum Gasteiger partial charge on any atom is -0.399 e. The minimum absolute atomic E-state index is 0.722. The highest BCUT2D eigenvalue weighted by Crippen LogP contribution is 2.34. The highest BCUT2D eigenvalue weighted by Gasteiger charge is 2.14. The fourth-order valence-corrected chi connectivity index (χ4v) is 2.83. The van der Waals surface area contributed by atoms with Crippen LogP contribution in [0.4, 0.5) is 11.4 Å². The number of anilines is 2. The van der Waals surface area contributed by atoms with Crippen molar-refractivity contribution in [2.24, 2.45) is 0 Å². The summed E-state index contributed by atoms with van der Waals surface area (Å²) in [5.74, 6) is 0. The van der Waals surface area contributed by atoms with E-state index in [9.17, 15) is 0 Å². The Kier molecular flexibility index (Phi) is 3.80. The summed E-state index contributed by atoms with van der Waals surface area (Å²) in [6, 6.07) is 19.6. The monoisotopic (exact) mass is 332 g/mol. The molecule has 6 heteroatoms. The van der Waals surface area contributed by atoms with Crippen LogP contribution in [-0.4, -0.2) is 17.4 Å². The van der Waals surface area contributed by atoms with E-state index in [0.29, 0.717) is 0 Å². The van der Waals surface area contributed by atoms with Crippen molar-refractivity contribution >= 4 is 22.4 Å². The molecular weight excluding hydrogens is 316 g/mol. The average molecular weight is 332 g/mol. The second kappa shape index (κ2) is 6.26. The Morgan fingerprint density at radius 1 is 0.800 bits per heavy atom. The zero-order valence-corrected chi connectivity index (χ0v) is 13.6. The maximum atomic E-state index is 5.77. The van der Waals surface area contributed by atoms with E-state index in [0.717, 1.165) is 44.7 Å². The van der Waals surface area contributed by atoms with Crippen LogP contribution in [0.1, 0.15) is 0 Å². The second-order valence-corrected chi connectivity index (χ2v) is 5.63. The Balaban J connectivity index is 1.81. The Morgan fingerprint density at radius 2 is 1.32 bits per heavy atom. The summed E-state index contributed by atoms with van der Waals surface area (Å²) in [5, 5.41) is 8.21. The zero-order chi connectivity index (χ0) is 17.2. The topological polar surface area (TPSA) is 86.2 Å². The smallest absolute Gasteiger partial charge is 0.143 e. The quantitative estimate of drug-likeness (QED) is 0.432. The van der Waals surface area contributed by atoms with Gasteiger partial charge in [-0.05, 0) is 45.7 Å². The Bertz CT molecular complexity index is 1010. The first kappa shape index (κ1) is 15.2. The molecule has 0 saturated carbocycles. The molecule has 0 aliphatic heterocycles. The third-order valence-corrected chi connectivity index (χ3v) is 4.05. The SMILES string of the molecule is CONc1ccc(-c2ccc(-c3ccc(N)cc3)c3nonc23)cc1. The van der Waals surface area contributed by atoms with Crippen LogP contribution in [0.5, 0.6) is 0 Å². The molecule has 0 saturated heterocycles. The molecule has 3 N–H and O–H groups in total. The first-order valence-electron chi connectivity index (χ1n) is 7.77. The normalized spacial score (nSPS) is 10.9. The molecule has 1 aromatic heterocycles. The molecule has 6 nitrogen and oxygen atoms in total. The molecule has 1 heterocycles. The van der Waals surface area contributed by atoms with E-state index >= 15 is 0 Å². The molecule has 0 fully saturated rings. The Morgan fingerprint density at radius 3 is 1.84 bits per heavy atom. The van der Waals surface area contributed by atoms with Crippen molar-refractivity contribution in [2.75, 3.05) is 18.3 Å². The fraction of sp³-hybridized carbons (Fsp3) is 0.0526. The molecule has 0 bridgehead atoms. The van der Waals surface area contributed by atoms with Crippen LogP contribution < -0.4 is 11.2 Å². The maximum absolute atomic E-state index is 5.77. The Labute approximate surface area is 144 Å². The van der Waals surface area contributed by atoms with Crippen LogP contribution in [0.25, 0.3) is 33.3 Å². The number of aromatic nitrogens is 2. The summed E-state index contributed by atoms with van der Waals surface area (Å²) in [7, 11) is 1.58. The molecule has 0 aliphatic rings. The van der Waals surface area contributed by atoms with E-state index in [1.807, 2.05) is 60.7 Å². The lowest BCUT2D eigenvalue weighted by atomic mass is 9.97. The molecule has 0 radical (unpaired) electrons. The fourth-order valence-electron chi connectivity index (χ4n) is 2.83. The van der Waals surface area contributed by atoms with Gasteiger partial charge in [-0.2, -0.15) is 0 Å². The number of hydrogen-bond acceptors (Lipinski definition) is 6. The number of hydrogen-bond donors (Lipinski definition) is 2. The van der Waals surface area contributed by atoms with E-state index in [-0.39, 0.29) is 0 Å². The van der Waals surface area contributed by atoms with Gasteiger partial charge in [0, 0.05) is 16.8 Å². The van der Waals surface area contributed by atoms with Crippen molar-refractivity contribution in [1.29, 1.82) is 0 Å². The van der Waals surface area contributed by atoms with Crippen LogP contribution in [0.15, 0.2) is 65.3 Å². The van der Waals surface area contributed by atoms with Crippen LogP contribution in [0.2, 0.25) is 0 Å². The average Bonchev–Trinajstić information content (AvgIpc) is 3.13. The highest BCUT2D eigenvalue weighted by atomic mass is 16.6. The standard InChI is InChI=1S/C19H16N4O2/c1-24-21-15-8-4-13(5-9-15)17-11-10-16(18-19(17)23-25-22-18)12-2-6-14(20)7-3-12/h2-11,21H,20H2,1H3. The van der Waals surface area contributed by atoms with Gasteiger partial charge in [0.2, 0.25) is 0 Å². The third kappa shape index (κ3) is 2.79. The van der Waals surface area contributed by atoms with Gasteiger partial charge in [-0.3, -0.25) is 10.3 Å². The van der Waals surface area contributed by atoms with Crippen molar-refractivity contribution in [1.82, 2.24) is 10.3 Å². The van der Waals surface area contributed by atoms with Gasteiger partial charge in [0.05, 0.1) is 12.8 Å². The summed E-state index contributed by atoms with van der Waals surface area (Å²) in [6.07, 6.45) is 0. The number of nitrogens with one attached hydrogen (secondary N) is 1. The van der Waals surface area contributed by atoms with Crippen molar-refractivity contribution in [3.05, 3.63) is 60.7 Å². The molecule has 4 aromatic rings. The van der Waals surface area contributed by atoms with Crippen LogP contribution in [0, 0.1) is 0 Å². The molecule has 3 aromatic carbocycles. The molecule has 0 unspecified atom stereocenters. The third-order valence-electron chi connectivity index (χ3n) is 4.05. The number of nitrogens with two attached hydrogens (primary N) is 1.